The molecule has 2 N–H and O–H groups in total. The van der Waals surface area contributed by atoms with E-state index in [9.17, 15) is 0 Å². The van der Waals surface area contributed by atoms with Crippen LogP contribution >= 0.6 is 0 Å². The fourth-order valence-electron chi connectivity index (χ4n) is 3.95. The molecule has 1 aliphatic heterocycles. The molecule has 0 bridgehead atoms. The van der Waals surface area contributed by atoms with Crippen LogP contribution < -0.4 is 15.4 Å². The topological polar surface area (TPSA) is 91.3 Å². The highest BCUT2D eigenvalue weighted by Crippen LogP contribution is 2.33. The summed E-state index contributed by atoms with van der Waals surface area (Å²) in [6.07, 6.45) is 5.43. The summed E-state index contributed by atoms with van der Waals surface area (Å²) in [5.41, 5.74) is 7.50. The summed E-state index contributed by atoms with van der Waals surface area (Å²) in [5, 5.41) is 2.06. The first kappa shape index (κ1) is 18.6. The number of rotatable bonds is 5. The molecule has 0 spiro atoms. The highest BCUT2D eigenvalue weighted by molar-refractivity contribution is 5.87. The van der Waals surface area contributed by atoms with E-state index in [1.807, 2.05) is 55.5 Å². The molecule has 0 amide bonds. The van der Waals surface area contributed by atoms with Gasteiger partial charge >= 0.3 is 0 Å². The normalized spacial score (nSPS) is 18.9. The van der Waals surface area contributed by atoms with Crippen molar-refractivity contribution in [3.8, 4) is 5.75 Å². The van der Waals surface area contributed by atoms with Crippen LogP contribution in [-0.4, -0.2) is 46.3 Å². The maximum Gasteiger partial charge on any atom is 0.147 e. The Morgan fingerprint density at radius 1 is 1.17 bits per heavy atom. The highest BCUT2D eigenvalue weighted by Gasteiger charge is 2.28. The monoisotopic (exact) mass is 404 g/mol. The molecule has 4 heterocycles. The van der Waals surface area contributed by atoms with Crippen LogP contribution in [0.5, 0.6) is 5.75 Å². The SMILES string of the molecule is CN(C)c1ncnc2c1ccn2[C@H]1CC[C@@H](COc2ccc3ccc(N)nc3c2)O1. The number of benzene rings is 1. The van der Waals surface area contributed by atoms with Gasteiger partial charge in [-0.25, -0.2) is 15.0 Å². The van der Waals surface area contributed by atoms with Crippen LogP contribution in [0.25, 0.3) is 21.9 Å². The van der Waals surface area contributed by atoms with Crippen molar-refractivity contribution >= 4 is 33.6 Å². The minimum Gasteiger partial charge on any atom is -0.491 e. The molecule has 8 heteroatoms. The molecule has 1 aliphatic rings. The predicted octanol–water partition coefficient (Wildman–Crippen LogP) is 3.38. The van der Waals surface area contributed by atoms with E-state index in [-0.39, 0.29) is 12.3 Å². The molecular weight excluding hydrogens is 380 g/mol. The standard InChI is InChI=1S/C22H24N6O2/c1-27(2)21-17-9-10-28(22(17)25-13-24-21)20-8-6-16(30-20)12-29-15-5-3-14-4-7-19(23)26-18(14)11-15/h3-5,7,9-11,13,16,20H,6,8,12H2,1-2H3,(H2,23,26)/t16-,20+/m0/s1. The van der Waals surface area contributed by atoms with E-state index in [4.69, 9.17) is 15.2 Å². The Balaban J connectivity index is 1.28. The highest BCUT2D eigenvalue weighted by atomic mass is 16.6. The van der Waals surface area contributed by atoms with Gasteiger partial charge in [-0.1, -0.05) is 0 Å². The lowest BCUT2D eigenvalue weighted by Gasteiger charge is -2.17. The van der Waals surface area contributed by atoms with Gasteiger partial charge in [-0.2, -0.15) is 0 Å². The zero-order valence-corrected chi connectivity index (χ0v) is 17.0. The van der Waals surface area contributed by atoms with E-state index >= 15 is 0 Å². The quantitative estimate of drug-likeness (QED) is 0.545. The Hall–Kier alpha value is -3.39. The van der Waals surface area contributed by atoms with Crippen molar-refractivity contribution in [1.29, 1.82) is 0 Å². The van der Waals surface area contributed by atoms with Crippen LogP contribution in [0.1, 0.15) is 19.1 Å². The number of nitrogen functional groups attached to an aromatic ring is 1. The van der Waals surface area contributed by atoms with Gasteiger partial charge in [0.1, 0.15) is 42.2 Å². The first-order valence-corrected chi connectivity index (χ1v) is 10.0. The molecule has 3 aromatic heterocycles. The number of hydrogen-bond donors (Lipinski definition) is 1. The summed E-state index contributed by atoms with van der Waals surface area (Å²) in [6, 6.07) is 11.7. The zero-order valence-electron chi connectivity index (χ0n) is 17.0. The van der Waals surface area contributed by atoms with Gasteiger partial charge in [0.05, 0.1) is 17.0 Å². The molecular formula is C22H24N6O2. The number of nitrogens with zero attached hydrogens (tertiary/aromatic N) is 5. The summed E-state index contributed by atoms with van der Waals surface area (Å²) in [6.45, 7) is 0.488. The summed E-state index contributed by atoms with van der Waals surface area (Å²) < 4.78 is 14.4. The van der Waals surface area contributed by atoms with Crippen molar-refractivity contribution in [2.24, 2.45) is 0 Å². The average Bonchev–Trinajstić information content (AvgIpc) is 3.38. The molecule has 1 fully saturated rings. The number of fused-ring (bicyclic) bond motifs is 2. The molecule has 0 radical (unpaired) electrons. The van der Waals surface area contributed by atoms with Gasteiger partial charge < -0.3 is 24.7 Å². The first-order valence-electron chi connectivity index (χ1n) is 10.0. The molecule has 4 aromatic rings. The molecule has 1 aromatic carbocycles. The summed E-state index contributed by atoms with van der Waals surface area (Å²) in [7, 11) is 3.96. The zero-order chi connectivity index (χ0) is 20.7. The maximum absolute atomic E-state index is 6.27. The lowest BCUT2D eigenvalue weighted by Crippen LogP contribution is -2.18. The molecule has 2 atom stereocenters. The van der Waals surface area contributed by atoms with Crippen molar-refractivity contribution in [2.45, 2.75) is 25.2 Å². The molecule has 5 rings (SSSR count). The van der Waals surface area contributed by atoms with E-state index in [1.54, 1.807) is 12.4 Å². The lowest BCUT2D eigenvalue weighted by atomic mass is 10.2. The van der Waals surface area contributed by atoms with Gasteiger partial charge in [0.25, 0.3) is 0 Å². The summed E-state index contributed by atoms with van der Waals surface area (Å²) >= 11 is 0. The first-order chi connectivity index (χ1) is 14.6. The van der Waals surface area contributed by atoms with Gasteiger partial charge in [-0.05, 0) is 43.2 Å². The van der Waals surface area contributed by atoms with E-state index in [0.717, 1.165) is 46.3 Å². The molecule has 30 heavy (non-hydrogen) atoms. The van der Waals surface area contributed by atoms with Crippen LogP contribution in [0, 0.1) is 0 Å². The van der Waals surface area contributed by atoms with Crippen LogP contribution in [0.2, 0.25) is 0 Å². The van der Waals surface area contributed by atoms with Crippen LogP contribution in [0.15, 0.2) is 48.9 Å². The van der Waals surface area contributed by atoms with E-state index < -0.39 is 0 Å². The molecule has 0 unspecified atom stereocenters. The molecule has 0 aliphatic carbocycles. The van der Waals surface area contributed by atoms with Crippen molar-refractivity contribution in [2.75, 3.05) is 31.3 Å². The molecule has 8 nitrogen and oxygen atoms in total. The van der Waals surface area contributed by atoms with Crippen molar-refractivity contribution in [3.05, 3.63) is 48.9 Å². The number of nitrogens with two attached hydrogens (primary N) is 1. The van der Waals surface area contributed by atoms with Crippen LogP contribution in [0.4, 0.5) is 11.6 Å². The minimum atomic E-state index is -0.0564. The van der Waals surface area contributed by atoms with Gasteiger partial charge in [0.15, 0.2) is 0 Å². The van der Waals surface area contributed by atoms with Gasteiger partial charge in [0, 0.05) is 31.7 Å². The second-order valence-corrected chi connectivity index (χ2v) is 7.74. The van der Waals surface area contributed by atoms with E-state index in [1.165, 1.54) is 0 Å². The third-order valence-corrected chi connectivity index (χ3v) is 5.43. The van der Waals surface area contributed by atoms with Gasteiger partial charge in [0.2, 0.25) is 0 Å². The Kier molecular flexibility index (Phi) is 4.63. The Morgan fingerprint density at radius 2 is 2.03 bits per heavy atom. The third-order valence-electron chi connectivity index (χ3n) is 5.43. The third kappa shape index (κ3) is 3.39. The Morgan fingerprint density at radius 3 is 2.90 bits per heavy atom. The van der Waals surface area contributed by atoms with Gasteiger partial charge in [-0.15, -0.1) is 0 Å². The fraction of sp³-hybridized carbons (Fsp3) is 0.318. The number of aromatic nitrogens is 4. The second-order valence-electron chi connectivity index (χ2n) is 7.74. The minimum absolute atomic E-state index is 0.0205. The van der Waals surface area contributed by atoms with Crippen molar-refractivity contribution < 1.29 is 9.47 Å². The summed E-state index contributed by atoms with van der Waals surface area (Å²) in [4.78, 5) is 15.2. The van der Waals surface area contributed by atoms with E-state index in [0.29, 0.717) is 12.4 Å². The van der Waals surface area contributed by atoms with Crippen molar-refractivity contribution in [1.82, 2.24) is 19.5 Å². The summed E-state index contributed by atoms with van der Waals surface area (Å²) in [5.74, 6) is 2.17. The Bertz CT molecular complexity index is 1200. The van der Waals surface area contributed by atoms with Crippen molar-refractivity contribution in [3.63, 3.8) is 0 Å². The van der Waals surface area contributed by atoms with Gasteiger partial charge in [-0.3, -0.25) is 0 Å². The molecule has 154 valence electrons. The van der Waals surface area contributed by atoms with Crippen LogP contribution in [0.3, 0.4) is 0 Å². The molecule has 0 saturated carbocycles. The fourth-order valence-corrected chi connectivity index (χ4v) is 3.95. The predicted molar refractivity (Wildman–Crippen MR) is 117 cm³/mol. The lowest BCUT2D eigenvalue weighted by molar-refractivity contribution is -0.0156. The number of pyridine rings is 1. The van der Waals surface area contributed by atoms with Crippen LogP contribution in [-0.2, 0) is 4.74 Å². The average molecular weight is 404 g/mol. The largest absolute Gasteiger partial charge is 0.491 e. The number of hydrogen-bond acceptors (Lipinski definition) is 7. The number of anilines is 2. The second kappa shape index (κ2) is 7.46. The smallest absolute Gasteiger partial charge is 0.147 e. The molecule has 1 saturated heterocycles. The number of ether oxygens (including phenoxy) is 2. The maximum atomic E-state index is 6.27. The Labute approximate surface area is 174 Å². The van der Waals surface area contributed by atoms with E-state index in [2.05, 4.69) is 19.5 Å².